The summed E-state index contributed by atoms with van der Waals surface area (Å²) >= 11 is 1.31. The first-order valence-corrected chi connectivity index (χ1v) is 7.82. The van der Waals surface area contributed by atoms with Gasteiger partial charge in [-0.3, -0.25) is 0 Å². The highest BCUT2D eigenvalue weighted by Gasteiger charge is 2.34. The average Bonchev–Trinajstić information content (AvgIpc) is 2.54. The van der Waals surface area contributed by atoms with Gasteiger partial charge in [0, 0.05) is 0 Å². The second-order valence-corrected chi connectivity index (χ2v) is 5.56. The summed E-state index contributed by atoms with van der Waals surface area (Å²) in [6.07, 6.45) is 1.81. The molecule has 1 aliphatic rings. The van der Waals surface area contributed by atoms with Crippen LogP contribution in [0.2, 0.25) is 0 Å². The van der Waals surface area contributed by atoms with E-state index in [-0.39, 0.29) is 29.0 Å². The van der Waals surface area contributed by atoms with Crippen LogP contribution in [0.5, 0.6) is 5.88 Å². The number of thioether (sulfide) groups is 1. The van der Waals surface area contributed by atoms with Gasteiger partial charge in [0.25, 0.3) is 0 Å². The SMILES string of the molecule is CSc1nc(N)c2c(n1)OC(N)=C(C#N)[C@@H]2c1ccc(F)cc1. The zero-order valence-corrected chi connectivity index (χ0v) is 12.9. The first-order chi connectivity index (χ1) is 11.0. The molecule has 4 N–H and O–H groups in total. The van der Waals surface area contributed by atoms with Gasteiger partial charge in [0.15, 0.2) is 5.16 Å². The number of aromatic nitrogens is 2. The number of nitriles is 1. The van der Waals surface area contributed by atoms with Gasteiger partial charge in [0.05, 0.1) is 11.5 Å². The highest BCUT2D eigenvalue weighted by atomic mass is 32.2. The van der Waals surface area contributed by atoms with Crippen molar-refractivity contribution in [1.82, 2.24) is 9.97 Å². The predicted octanol–water partition coefficient (Wildman–Crippen LogP) is 2.14. The van der Waals surface area contributed by atoms with Crippen LogP contribution in [0.15, 0.2) is 40.9 Å². The van der Waals surface area contributed by atoms with E-state index >= 15 is 0 Å². The Kier molecular flexibility index (Phi) is 3.80. The van der Waals surface area contributed by atoms with Crippen molar-refractivity contribution in [1.29, 1.82) is 5.26 Å². The minimum atomic E-state index is -0.597. The summed E-state index contributed by atoms with van der Waals surface area (Å²) < 4.78 is 18.7. The van der Waals surface area contributed by atoms with Gasteiger partial charge < -0.3 is 16.2 Å². The fraction of sp³-hybridized carbons (Fsp3) is 0.133. The molecule has 1 aromatic heterocycles. The van der Waals surface area contributed by atoms with Crippen LogP contribution in [0.25, 0.3) is 0 Å². The molecule has 6 nitrogen and oxygen atoms in total. The van der Waals surface area contributed by atoms with Crippen molar-refractivity contribution < 1.29 is 9.13 Å². The fourth-order valence-electron chi connectivity index (χ4n) is 2.44. The number of hydrogen-bond acceptors (Lipinski definition) is 7. The normalized spacial score (nSPS) is 16.5. The summed E-state index contributed by atoms with van der Waals surface area (Å²) in [5.41, 5.74) is 13.2. The fourth-order valence-corrected chi connectivity index (χ4v) is 2.80. The van der Waals surface area contributed by atoms with E-state index in [1.165, 1.54) is 23.9 Å². The maximum Gasteiger partial charge on any atom is 0.231 e. The Labute approximate surface area is 136 Å². The van der Waals surface area contributed by atoms with Crippen molar-refractivity contribution in [2.75, 3.05) is 12.0 Å². The van der Waals surface area contributed by atoms with Crippen molar-refractivity contribution in [3.05, 3.63) is 52.7 Å². The molecule has 0 aliphatic carbocycles. The molecule has 2 aromatic rings. The third-order valence-electron chi connectivity index (χ3n) is 3.48. The van der Waals surface area contributed by atoms with E-state index in [0.29, 0.717) is 16.3 Å². The number of fused-ring (bicyclic) bond motifs is 1. The topological polar surface area (TPSA) is 111 Å². The average molecular weight is 329 g/mol. The summed E-state index contributed by atoms with van der Waals surface area (Å²) in [7, 11) is 0. The van der Waals surface area contributed by atoms with Gasteiger partial charge in [-0.05, 0) is 24.0 Å². The summed E-state index contributed by atoms with van der Waals surface area (Å²) in [6.45, 7) is 0. The maximum absolute atomic E-state index is 13.2. The van der Waals surface area contributed by atoms with Crippen LogP contribution in [0, 0.1) is 17.1 Å². The molecule has 1 aliphatic heterocycles. The summed E-state index contributed by atoms with van der Waals surface area (Å²) in [5, 5.41) is 9.87. The molecule has 116 valence electrons. The van der Waals surface area contributed by atoms with Crippen LogP contribution in [0.1, 0.15) is 17.0 Å². The first kappa shape index (κ1) is 15.1. The van der Waals surface area contributed by atoms with Gasteiger partial charge in [-0.1, -0.05) is 23.9 Å². The van der Waals surface area contributed by atoms with Crippen LogP contribution in [-0.4, -0.2) is 16.2 Å². The largest absolute Gasteiger partial charge is 0.422 e. The molecule has 1 atom stereocenters. The Morgan fingerprint density at radius 3 is 2.57 bits per heavy atom. The molecular formula is C15H12FN5OS. The Morgan fingerprint density at radius 2 is 1.96 bits per heavy atom. The van der Waals surface area contributed by atoms with E-state index in [1.807, 2.05) is 6.07 Å². The van der Waals surface area contributed by atoms with Crippen LogP contribution in [-0.2, 0) is 0 Å². The van der Waals surface area contributed by atoms with Gasteiger partial charge in [0.2, 0.25) is 11.8 Å². The molecule has 0 spiro atoms. The van der Waals surface area contributed by atoms with Crippen molar-refractivity contribution in [3.8, 4) is 11.9 Å². The van der Waals surface area contributed by atoms with E-state index in [2.05, 4.69) is 9.97 Å². The highest BCUT2D eigenvalue weighted by molar-refractivity contribution is 7.98. The van der Waals surface area contributed by atoms with Gasteiger partial charge >= 0.3 is 0 Å². The zero-order valence-electron chi connectivity index (χ0n) is 12.1. The lowest BCUT2D eigenvalue weighted by Crippen LogP contribution is -2.23. The number of nitrogen functional groups attached to an aromatic ring is 1. The molecule has 8 heteroatoms. The van der Waals surface area contributed by atoms with Crippen LogP contribution in [0.3, 0.4) is 0 Å². The quantitative estimate of drug-likeness (QED) is 0.641. The second-order valence-electron chi connectivity index (χ2n) is 4.79. The molecule has 0 radical (unpaired) electrons. The number of ether oxygens (including phenoxy) is 1. The van der Waals surface area contributed by atoms with Crippen LogP contribution in [0.4, 0.5) is 10.2 Å². The third kappa shape index (κ3) is 2.55. The van der Waals surface area contributed by atoms with Crippen LogP contribution >= 0.6 is 11.8 Å². The van der Waals surface area contributed by atoms with E-state index in [1.54, 1.807) is 18.4 Å². The summed E-state index contributed by atoms with van der Waals surface area (Å²) in [5.74, 6) is -0.597. The van der Waals surface area contributed by atoms with Crippen molar-refractivity contribution >= 4 is 17.6 Å². The van der Waals surface area contributed by atoms with Crippen molar-refractivity contribution in [2.45, 2.75) is 11.1 Å². The Hall–Kier alpha value is -2.79. The molecule has 0 saturated carbocycles. The molecule has 0 unspecified atom stereocenters. The molecule has 3 rings (SSSR count). The molecule has 0 fully saturated rings. The molecule has 0 amide bonds. The number of rotatable bonds is 2. The Balaban J connectivity index is 2.25. The second kappa shape index (κ2) is 5.78. The molecule has 2 heterocycles. The van der Waals surface area contributed by atoms with E-state index in [9.17, 15) is 9.65 Å². The third-order valence-corrected chi connectivity index (χ3v) is 4.02. The van der Waals surface area contributed by atoms with E-state index in [0.717, 1.165) is 0 Å². The van der Waals surface area contributed by atoms with Gasteiger partial charge in [-0.25, -0.2) is 9.37 Å². The minimum Gasteiger partial charge on any atom is -0.422 e. The zero-order chi connectivity index (χ0) is 16.6. The standard InChI is InChI=1S/C15H12FN5OS/c1-23-15-20-12(18)11-10(7-2-4-8(16)5-3-7)9(6-17)13(19)22-14(11)21-15/h2-5,10H,19H2,1H3,(H2,18,20,21)/t10-/m0/s1. The number of allylic oxidation sites excluding steroid dienone is 1. The lowest BCUT2D eigenvalue weighted by atomic mass is 9.85. The molecule has 1 aromatic carbocycles. The lowest BCUT2D eigenvalue weighted by Gasteiger charge is -2.26. The number of hydrogen-bond donors (Lipinski definition) is 2. The number of nitrogens with two attached hydrogens (primary N) is 2. The number of nitrogens with zero attached hydrogens (tertiary/aromatic N) is 3. The minimum absolute atomic E-state index is 0.0421. The number of halogens is 1. The highest BCUT2D eigenvalue weighted by Crippen LogP contribution is 2.43. The summed E-state index contributed by atoms with van der Waals surface area (Å²) in [4.78, 5) is 8.45. The van der Waals surface area contributed by atoms with Crippen LogP contribution < -0.4 is 16.2 Å². The Bertz CT molecular complexity index is 844. The number of anilines is 1. The monoisotopic (exact) mass is 329 g/mol. The van der Waals surface area contributed by atoms with E-state index < -0.39 is 5.92 Å². The van der Waals surface area contributed by atoms with Gasteiger partial charge in [0.1, 0.15) is 23.3 Å². The lowest BCUT2D eigenvalue weighted by molar-refractivity contribution is 0.373. The molecule has 23 heavy (non-hydrogen) atoms. The maximum atomic E-state index is 13.2. The Morgan fingerprint density at radius 1 is 1.26 bits per heavy atom. The predicted molar refractivity (Wildman–Crippen MR) is 83.9 cm³/mol. The molecule has 0 bridgehead atoms. The van der Waals surface area contributed by atoms with Gasteiger partial charge in [-0.15, -0.1) is 0 Å². The smallest absolute Gasteiger partial charge is 0.231 e. The van der Waals surface area contributed by atoms with E-state index in [4.69, 9.17) is 16.2 Å². The van der Waals surface area contributed by atoms with Crippen molar-refractivity contribution in [3.63, 3.8) is 0 Å². The first-order valence-electron chi connectivity index (χ1n) is 6.59. The number of benzene rings is 1. The van der Waals surface area contributed by atoms with Gasteiger partial charge in [-0.2, -0.15) is 10.2 Å². The van der Waals surface area contributed by atoms with Crippen molar-refractivity contribution in [2.24, 2.45) is 5.73 Å². The molecular weight excluding hydrogens is 317 g/mol. The summed E-state index contributed by atoms with van der Waals surface area (Å²) in [6, 6.07) is 7.79. The molecule has 0 saturated heterocycles.